The second-order valence-corrected chi connectivity index (χ2v) is 3.71. The van der Waals surface area contributed by atoms with Crippen LogP contribution < -0.4 is 16.4 Å². The molecule has 0 spiro atoms. The molecule has 0 saturated heterocycles. The quantitative estimate of drug-likeness (QED) is 0.381. The van der Waals surface area contributed by atoms with Crippen molar-refractivity contribution >= 4 is 12.0 Å². The van der Waals surface area contributed by atoms with Crippen LogP contribution in [-0.4, -0.2) is 36.2 Å². The van der Waals surface area contributed by atoms with Gasteiger partial charge in [0.25, 0.3) is 0 Å². The first-order valence-electron chi connectivity index (χ1n) is 5.29. The smallest absolute Gasteiger partial charge is 0.315 e. The number of amides is 2. The van der Waals surface area contributed by atoms with Crippen LogP contribution in [0.25, 0.3) is 0 Å². The van der Waals surface area contributed by atoms with Crippen LogP contribution in [0.4, 0.5) is 4.79 Å². The van der Waals surface area contributed by atoms with E-state index in [2.05, 4.69) is 10.6 Å². The summed E-state index contributed by atoms with van der Waals surface area (Å²) in [7, 11) is 0. The molecule has 6 nitrogen and oxygen atoms in total. The lowest BCUT2D eigenvalue weighted by Gasteiger charge is -2.12. The highest BCUT2D eigenvalue weighted by Gasteiger charge is 2.25. The van der Waals surface area contributed by atoms with E-state index < -0.39 is 11.9 Å². The van der Waals surface area contributed by atoms with Gasteiger partial charge in [-0.05, 0) is 19.4 Å². The van der Waals surface area contributed by atoms with E-state index in [-0.39, 0.29) is 12.1 Å². The second kappa shape index (κ2) is 6.12. The van der Waals surface area contributed by atoms with Crippen LogP contribution in [-0.2, 0) is 4.79 Å². The SMILES string of the molecule is NCCCNC(=O)NC1C=CC(C(=O)O)C1. The number of nitrogens with two attached hydrogens (primary N) is 1. The highest BCUT2D eigenvalue weighted by atomic mass is 16.4. The third-order valence-electron chi connectivity index (χ3n) is 2.38. The maximum absolute atomic E-state index is 11.3. The van der Waals surface area contributed by atoms with E-state index in [4.69, 9.17) is 10.8 Å². The molecular formula is C10H17N3O3. The summed E-state index contributed by atoms with van der Waals surface area (Å²) >= 11 is 0. The number of carbonyl (C=O) groups excluding carboxylic acids is 1. The number of hydrogen-bond donors (Lipinski definition) is 4. The predicted octanol–water partition coefficient (Wildman–Crippen LogP) is -0.336. The molecule has 0 aromatic rings. The van der Waals surface area contributed by atoms with Gasteiger partial charge in [0, 0.05) is 6.54 Å². The summed E-state index contributed by atoms with van der Waals surface area (Å²) in [6.07, 6.45) is 4.46. The van der Waals surface area contributed by atoms with Gasteiger partial charge < -0.3 is 21.5 Å². The van der Waals surface area contributed by atoms with Crippen molar-refractivity contribution in [2.24, 2.45) is 11.7 Å². The zero-order chi connectivity index (χ0) is 12.0. The van der Waals surface area contributed by atoms with Gasteiger partial charge in [-0.15, -0.1) is 0 Å². The lowest BCUT2D eigenvalue weighted by atomic mass is 10.1. The van der Waals surface area contributed by atoms with Gasteiger partial charge in [-0.1, -0.05) is 12.2 Å². The highest BCUT2D eigenvalue weighted by molar-refractivity contribution is 5.76. The van der Waals surface area contributed by atoms with Gasteiger partial charge in [-0.2, -0.15) is 0 Å². The zero-order valence-corrected chi connectivity index (χ0v) is 8.98. The Morgan fingerprint density at radius 3 is 2.75 bits per heavy atom. The third-order valence-corrected chi connectivity index (χ3v) is 2.38. The molecular weight excluding hydrogens is 210 g/mol. The fourth-order valence-electron chi connectivity index (χ4n) is 1.51. The number of urea groups is 1. The molecule has 6 heteroatoms. The Kier molecular flexibility index (Phi) is 4.78. The van der Waals surface area contributed by atoms with Crippen molar-refractivity contribution in [2.75, 3.05) is 13.1 Å². The second-order valence-electron chi connectivity index (χ2n) is 3.71. The molecule has 0 fully saturated rings. The molecule has 0 radical (unpaired) electrons. The number of carboxylic acid groups (broad SMARTS) is 1. The number of nitrogens with one attached hydrogen (secondary N) is 2. The molecule has 0 aromatic heterocycles. The zero-order valence-electron chi connectivity index (χ0n) is 8.98. The Bertz CT molecular complexity index is 291. The molecule has 90 valence electrons. The third kappa shape index (κ3) is 3.90. The maximum atomic E-state index is 11.3. The lowest BCUT2D eigenvalue weighted by Crippen LogP contribution is -2.41. The molecule has 1 aliphatic rings. The average molecular weight is 227 g/mol. The van der Waals surface area contributed by atoms with E-state index >= 15 is 0 Å². The summed E-state index contributed by atoms with van der Waals surface area (Å²) in [6, 6.07) is -0.479. The van der Waals surface area contributed by atoms with E-state index in [0.29, 0.717) is 19.5 Å². The van der Waals surface area contributed by atoms with E-state index in [1.165, 1.54) is 0 Å². The molecule has 2 atom stereocenters. The van der Waals surface area contributed by atoms with Crippen molar-refractivity contribution in [1.82, 2.24) is 10.6 Å². The molecule has 1 rings (SSSR count). The van der Waals surface area contributed by atoms with Crippen molar-refractivity contribution in [3.05, 3.63) is 12.2 Å². The summed E-state index contributed by atoms with van der Waals surface area (Å²) in [4.78, 5) is 22.0. The number of hydrogen-bond acceptors (Lipinski definition) is 3. The topological polar surface area (TPSA) is 104 Å². The Labute approximate surface area is 93.9 Å². The lowest BCUT2D eigenvalue weighted by molar-refractivity contribution is -0.140. The normalized spacial score (nSPS) is 23.1. The molecule has 2 amide bonds. The Morgan fingerprint density at radius 1 is 1.44 bits per heavy atom. The number of rotatable bonds is 5. The summed E-state index contributed by atoms with van der Waals surface area (Å²) in [6.45, 7) is 1.06. The first kappa shape index (κ1) is 12.5. The monoisotopic (exact) mass is 227 g/mol. The van der Waals surface area contributed by atoms with Gasteiger partial charge in [-0.3, -0.25) is 4.79 Å². The molecule has 1 aliphatic carbocycles. The Morgan fingerprint density at radius 2 is 2.19 bits per heavy atom. The van der Waals surface area contributed by atoms with Crippen molar-refractivity contribution in [2.45, 2.75) is 18.9 Å². The van der Waals surface area contributed by atoms with Gasteiger partial charge >= 0.3 is 12.0 Å². The highest BCUT2D eigenvalue weighted by Crippen LogP contribution is 2.17. The van der Waals surface area contributed by atoms with Gasteiger partial charge in [-0.25, -0.2) is 4.79 Å². The van der Waals surface area contributed by atoms with E-state index in [0.717, 1.165) is 6.42 Å². The summed E-state index contributed by atoms with van der Waals surface area (Å²) < 4.78 is 0. The van der Waals surface area contributed by atoms with Gasteiger partial charge in [0.2, 0.25) is 0 Å². The number of aliphatic carboxylic acids is 1. The van der Waals surface area contributed by atoms with Crippen molar-refractivity contribution in [1.29, 1.82) is 0 Å². The largest absolute Gasteiger partial charge is 0.481 e. The van der Waals surface area contributed by atoms with Crippen LogP contribution in [0.1, 0.15) is 12.8 Å². The average Bonchev–Trinajstić information content (AvgIpc) is 2.66. The van der Waals surface area contributed by atoms with Crippen LogP contribution in [0.2, 0.25) is 0 Å². The van der Waals surface area contributed by atoms with Crippen molar-refractivity contribution < 1.29 is 14.7 Å². The van der Waals surface area contributed by atoms with Crippen LogP contribution >= 0.6 is 0 Å². The minimum Gasteiger partial charge on any atom is -0.481 e. The predicted molar refractivity (Wildman–Crippen MR) is 58.9 cm³/mol. The Balaban J connectivity index is 2.21. The van der Waals surface area contributed by atoms with Crippen molar-refractivity contribution in [3.8, 4) is 0 Å². The fraction of sp³-hybridized carbons (Fsp3) is 0.600. The Hall–Kier alpha value is -1.56. The minimum atomic E-state index is -0.857. The summed E-state index contributed by atoms with van der Waals surface area (Å²) in [5.41, 5.74) is 5.28. The number of carbonyl (C=O) groups is 2. The van der Waals surface area contributed by atoms with E-state index in [1.54, 1.807) is 12.2 Å². The van der Waals surface area contributed by atoms with Gasteiger partial charge in [0.05, 0.1) is 12.0 Å². The van der Waals surface area contributed by atoms with Crippen LogP contribution in [0.5, 0.6) is 0 Å². The minimum absolute atomic E-state index is 0.195. The first-order chi connectivity index (χ1) is 7.63. The van der Waals surface area contributed by atoms with Gasteiger partial charge in [0.1, 0.15) is 0 Å². The molecule has 0 aliphatic heterocycles. The number of carboxylic acids is 1. The molecule has 5 N–H and O–H groups in total. The molecule has 0 saturated carbocycles. The standard InChI is InChI=1S/C10H17N3O3/c11-4-1-5-12-10(16)13-8-3-2-7(6-8)9(14)15/h2-3,7-8H,1,4-6,11H2,(H,14,15)(H2,12,13,16). The summed E-state index contributed by atoms with van der Waals surface area (Å²) in [5, 5.41) is 14.1. The summed E-state index contributed by atoms with van der Waals surface area (Å²) in [5.74, 6) is -1.35. The molecule has 2 unspecified atom stereocenters. The fourth-order valence-corrected chi connectivity index (χ4v) is 1.51. The maximum Gasteiger partial charge on any atom is 0.315 e. The van der Waals surface area contributed by atoms with Crippen LogP contribution in [0, 0.1) is 5.92 Å². The molecule has 0 aromatic carbocycles. The van der Waals surface area contributed by atoms with Gasteiger partial charge in [0.15, 0.2) is 0 Å². The first-order valence-corrected chi connectivity index (χ1v) is 5.29. The molecule has 0 bridgehead atoms. The van der Waals surface area contributed by atoms with E-state index in [1.807, 2.05) is 0 Å². The van der Waals surface area contributed by atoms with E-state index in [9.17, 15) is 9.59 Å². The van der Waals surface area contributed by atoms with Crippen LogP contribution in [0.3, 0.4) is 0 Å². The molecule has 0 heterocycles. The molecule has 16 heavy (non-hydrogen) atoms. The van der Waals surface area contributed by atoms with Crippen molar-refractivity contribution in [3.63, 3.8) is 0 Å². The van der Waals surface area contributed by atoms with Crippen LogP contribution in [0.15, 0.2) is 12.2 Å².